The van der Waals surface area contributed by atoms with Crippen molar-refractivity contribution in [3.63, 3.8) is 0 Å². The van der Waals surface area contributed by atoms with Crippen molar-refractivity contribution in [1.29, 1.82) is 0 Å². The van der Waals surface area contributed by atoms with Crippen LogP contribution in [0.1, 0.15) is 0 Å². The predicted molar refractivity (Wildman–Crippen MR) is 55.2 cm³/mol. The lowest BCUT2D eigenvalue weighted by molar-refractivity contribution is -0.0958. The van der Waals surface area contributed by atoms with E-state index in [1.807, 2.05) is 0 Å². The Kier molecular flexibility index (Phi) is 6.27. The molecule has 0 spiro atoms. The van der Waals surface area contributed by atoms with Gasteiger partial charge in [-0.3, -0.25) is 0 Å². The van der Waals surface area contributed by atoms with E-state index in [0.29, 0.717) is 0 Å². The highest BCUT2D eigenvalue weighted by molar-refractivity contribution is 7.61. The van der Waals surface area contributed by atoms with Gasteiger partial charge < -0.3 is 10.2 Å². The highest BCUT2D eigenvalue weighted by atomic mass is 31.2. The summed E-state index contributed by atoms with van der Waals surface area (Å²) in [4.78, 5) is -4.39. The van der Waals surface area contributed by atoms with E-state index in [1.54, 1.807) is 0 Å². The third-order valence-electron chi connectivity index (χ3n) is 2.06. The molecule has 0 unspecified atom stereocenters. The van der Waals surface area contributed by atoms with Gasteiger partial charge in [0, 0.05) is 0 Å². The second-order valence-corrected chi connectivity index (χ2v) is 9.59. The normalized spacial score (nSPS) is 11.9. The van der Waals surface area contributed by atoms with Gasteiger partial charge in [-0.05, 0) is 0 Å². The van der Waals surface area contributed by atoms with Gasteiger partial charge in [-0.15, -0.1) is 0 Å². The topological polar surface area (TPSA) is 211 Å². The molecule has 0 saturated heterocycles. The van der Waals surface area contributed by atoms with Crippen LogP contribution in [-0.4, -0.2) is 26.0 Å². The molecule has 0 saturated carbocycles. The van der Waals surface area contributed by atoms with E-state index in [4.69, 9.17) is 10.2 Å². The van der Waals surface area contributed by atoms with Gasteiger partial charge in [0.25, 0.3) is 4.90 Å². The fourth-order valence-electron chi connectivity index (χ4n) is 1.18. The summed E-state index contributed by atoms with van der Waals surface area (Å²) in [5.74, 6) is 0. The number of rotatable bonds is 7. The maximum atomic E-state index is 11.0. The number of hydrogen-bond donors (Lipinski definition) is 2. The minimum absolute atomic E-state index is 3.40. The fourth-order valence-corrected chi connectivity index (χ4v) is 7.99. The number of hydrogen-bond acceptors (Lipinski definition) is 12. The Morgan fingerprint density at radius 2 is 0.900 bits per heavy atom. The van der Waals surface area contributed by atoms with E-state index in [-0.39, 0.29) is 0 Å². The Balaban J connectivity index is 7.16. The Hall–Kier alpha value is -0.580. The standard InChI is InChI=1S/C3H3O12P5/c4-3(5,20(14)15)2(18(10)11,19(12)13)1(16(6)7)17(8)9/h1,4-5H. The summed E-state index contributed by atoms with van der Waals surface area (Å²) < 4.78 is 108. The zero-order valence-electron chi connectivity index (χ0n) is 8.79. The molecule has 0 aliphatic carbocycles. The van der Waals surface area contributed by atoms with Crippen LogP contribution in [-0.2, 0) is 45.7 Å². The minimum Gasteiger partial charge on any atom is -0.352 e. The summed E-state index contributed by atoms with van der Waals surface area (Å²) in [6.07, 6.45) is 0. The Bertz CT molecular complexity index is 670. The van der Waals surface area contributed by atoms with Gasteiger partial charge in [-0.25, -0.2) is 45.7 Å². The molecule has 20 heavy (non-hydrogen) atoms. The average molecular weight is 386 g/mol. The first-order chi connectivity index (χ1) is 8.84. The van der Waals surface area contributed by atoms with Crippen molar-refractivity contribution in [3.8, 4) is 0 Å². The van der Waals surface area contributed by atoms with E-state index in [0.717, 1.165) is 0 Å². The van der Waals surface area contributed by atoms with Crippen LogP contribution < -0.4 is 0 Å². The Morgan fingerprint density at radius 3 is 1.05 bits per heavy atom. The summed E-state index contributed by atoms with van der Waals surface area (Å²) in [5, 5.41) is 14.9. The van der Waals surface area contributed by atoms with Crippen LogP contribution in [0.25, 0.3) is 0 Å². The third kappa shape index (κ3) is 2.87. The van der Waals surface area contributed by atoms with Gasteiger partial charge in [0.15, 0.2) is 0 Å². The summed E-state index contributed by atoms with van der Waals surface area (Å²) in [6.45, 7) is 0. The first kappa shape index (κ1) is 19.4. The van der Waals surface area contributed by atoms with E-state index < -0.39 is 54.2 Å². The summed E-state index contributed by atoms with van der Waals surface area (Å²) >= 11 is 0. The monoisotopic (exact) mass is 386 g/mol. The van der Waals surface area contributed by atoms with Crippen LogP contribution in [0, 0.1) is 0 Å². The van der Waals surface area contributed by atoms with E-state index in [2.05, 4.69) is 0 Å². The smallest absolute Gasteiger partial charge is 0.352 e. The van der Waals surface area contributed by atoms with E-state index >= 15 is 0 Å². The van der Waals surface area contributed by atoms with Gasteiger partial charge in [0.05, 0.1) is 0 Å². The van der Waals surface area contributed by atoms with Gasteiger partial charge in [0.2, 0.25) is 5.40 Å². The molecule has 0 aromatic carbocycles. The quantitative estimate of drug-likeness (QED) is 0.471. The molecule has 17 heteroatoms. The van der Waals surface area contributed by atoms with Crippen molar-refractivity contribution >= 4 is 38.4 Å². The van der Waals surface area contributed by atoms with Gasteiger partial charge in [-0.2, -0.15) is 0 Å². The lowest BCUT2D eigenvalue weighted by atomic mass is 10.4. The molecule has 0 radical (unpaired) electrons. The van der Waals surface area contributed by atoms with Crippen molar-refractivity contribution in [2.24, 2.45) is 0 Å². The van der Waals surface area contributed by atoms with Crippen molar-refractivity contribution in [3.05, 3.63) is 0 Å². The van der Waals surface area contributed by atoms with Crippen LogP contribution in [0.4, 0.5) is 0 Å². The van der Waals surface area contributed by atoms with Gasteiger partial charge in [0.1, 0.15) is 0 Å². The lowest BCUT2D eigenvalue weighted by Gasteiger charge is -2.26. The molecule has 0 heterocycles. The summed E-state index contributed by atoms with van der Waals surface area (Å²) in [7, 11) is -23.0. The van der Waals surface area contributed by atoms with E-state index in [9.17, 15) is 45.7 Å². The molecule has 0 fully saturated rings. The maximum Gasteiger partial charge on any atom is 0.379 e. The van der Waals surface area contributed by atoms with Gasteiger partial charge >= 0.3 is 43.9 Å². The molecule has 112 valence electrons. The molecule has 0 rings (SSSR count). The summed E-state index contributed by atoms with van der Waals surface area (Å²) in [6, 6.07) is 0. The van der Waals surface area contributed by atoms with Crippen molar-refractivity contribution in [1.82, 2.24) is 0 Å². The summed E-state index contributed by atoms with van der Waals surface area (Å²) in [5.41, 5.74) is -4.66. The van der Waals surface area contributed by atoms with Crippen LogP contribution >= 0.6 is 38.4 Å². The second-order valence-electron chi connectivity index (χ2n) is 3.08. The first-order valence-electron chi connectivity index (χ1n) is 4.00. The molecular weight excluding hydrogens is 383 g/mol. The van der Waals surface area contributed by atoms with E-state index in [1.165, 1.54) is 0 Å². The van der Waals surface area contributed by atoms with Crippen molar-refractivity contribution in [2.75, 3.05) is 0 Å². The lowest BCUT2D eigenvalue weighted by Crippen LogP contribution is -2.48. The first-order valence-corrected chi connectivity index (χ1v) is 10.0. The third-order valence-corrected chi connectivity index (χ3v) is 10.0. The molecule has 0 aromatic heterocycles. The molecule has 12 nitrogen and oxygen atoms in total. The van der Waals surface area contributed by atoms with Crippen LogP contribution in [0.2, 0.25) is 0 Å². The molecule has 0 aliphatic rings. The highest BCUT2D eigenvalue weighted by Gasteiger charge is 2.73. The Morgan fingerprint density at radius 1 is 0.600 bits per heavy atom. The molecule has 0 bridgehead atoms. The second kappa shape index (κ2) is 6.46. The minimum atomic E-state index is -4.76. The van der Waals surface area contributed by atoms with Crippen LogP contribution in [0.5, 0.6) is 0 Å². The molecule has 0 aromatic rings. The van der Waals surface area contributed by atoms with Crippen LogP contribution in [0.3, 0.4) is 0 Å². The largest absolute Gasteiger partial charge is 0.379 e. The van der Waals surface area contributed by atoms with Crippen LogP contribution in [0.15, 0.2) is 0 Å². The predicted octanol–water partition coefficient (Wildman–Crippen LogP) is 1.51. The fraction of sp³-hybridized carbons (Fsp3) is 1.00. The number of aliphatic hydroxyl groups is 2. The highest BCUT2D eigenvalue weighted by Crippen LogP contribution is 2.64. The van der Waals surface area contributed by atoms with Gasteiger partial charge in [-0.1, -0.05) is 0 Å². The van der Waals surface area contributed by atoms with Crippen molar-refractivity contribution < 1.29 is 55.9 Å². The SMILES string of the molecule is O=P(=O)C(P(=O)=O)C(P(=O)=O)(P(=O)=O)C(O)(O)P(=O)=O. The molecular formula is C3H3O12P5. The zero-order chi connectivity index (χ0) is 16.5. The molecule has 2 N–H and O–H groups in total. The molecule has 0 amide bonds. The maximum absolute atomic E-state index is 11.0. The molecule has 0 aliphatic heterocycles. The van der Waals surface area contributed by atoms with Crippen molar-refractivity contribution in [2.45, 2.75) is 15.8 Å². The zero-order valence-corrected chi connectivity index (χ0v) is 13.3. The average Bonchev–Trinajstić information content (AvgIpc) is 2.22. The Labute approximate surface area is 111 Å². The molecule has 0 atom stereocenters.